The molecule has 4 atom stereocenters. The maximum Gasteiger partial charge on any atom is 0.304 e. The lowest BCUT2D eigenvalue weighted by Crippen LogP contribution is -2.57. The summed E-state index contributed by atoms with van der Waals surface area (Å²) in [6.45, 7) is 0. The molecule has 2 heterocycles. The molecule has 1 N–H and O–H groups in total. The van der Waals surface area contributed by atoms with Crippen molar-refractivity contribution in [3.05, 3.63) is 69.8 Å². The first-order chi connectivity index (χ1) is 12.1. The summed E-state index contributed by atoms with van der Waals surface area (Å²) in [6.07, 6.45) is -2.01. The topological polar surface area (TPSA) is 81.8 Å². The van der Waals surface area contributed by atoms with E-state index in [0.717, 1.165) is 5.56 Å². The Hall–Kier alpha value is -2.25. The molecule has 2 aliphatic heterocycles. The van der Waals surface area contributed by atoms with Crippen LogP contribution < -0.4 is 9.47 Å². The Bertz CT molecular complexity index is 829. The molecule has 0 radical (unpaired) electrons. The maximum atomic E-state index is 12.2. The maximum absolute atomic E-state index is 12.2. The van der Waals surface area contributed by atoms with Crippen LogP contribution in [0.4, 0.5) is 0 Å². The fourth-order valence-corrected chi connectivity index (χ4v) is 5.41. The third-order valence-electron chi connectivity index (χ3n) is 4.95. The summed E-state index contributed by atoms with van der Waals surface area (Å²) in [5, 5.41) is 22.4. The Balaban J connectivity index is 1.94. The SMILES string of the molecule is COc1cccc(C2Oc3ccccc3C3SCC(O)C23[N+](=O)[O-])c1. The van der Waals surface area contributed by atoms with E-state index < -0.39 is 23.0 Å². The van der Waals surface area contributed by atoms with Crippen LogP contribution >= 0.6 is 11.8 Å². The second-order valence-electron chi connectivity index (χ2n) is 6.19. The van der Waals surface area contributed by atoms with Crippen LogP contribution in [0.25, 0.3) is 0 Å². The van der Waals surface area contributed by atoms with Gasteiger partial charge in [0, 0.05) is 21.8 Å². The standard InChI is InChI=1S/C18H17NO5S/c1-23-12-6-4-5-11(9-12)16-18(19(21)22)15(20)10-25-17(18)13-7-2-3-8-14(13)24-16/h2-9,15-17,20H,10H2,1H3. The number of nitro groups is 1. The zero-order valence-corrected chi connectivity index (χ0v) is 14.3. The lowest BCUT2D eigenvalue weighted by atomic mass is 9.76. The highest BCUT2D eigenvalue weighted by Crippen LogP contribution is 2.60. The normalized spacial score (nSPS) is 30.1. The van der Waals surface area contributed by atoms with Crippen LogP contribution in [0.3, 0.4) is 0 Å². The molecule has 4 rings (SSSR count). The molecule has 130 valence electrons. The van der Waals surface area contributed by atoms with E-state index in [4.69, 9.17) is 9.47 Å². The molecule has 7 heteroatoms. The van der Waals surface area contributed by atoms with Crippen LogP contribution in [0.1, 0.15) is 22.5 Å². The van der Waals surface area contributed by atoms with E-state index in [1.165, 1.54) is 11.8 Å². The minimum atomic E-state index is -1.63. The highest BCUT2D eigenvalue weighted by atomic mass is 32.2. The average Bonchev–Trinajstić information content (AvgIpc) is 3.00. The van der Waals surface area contributed by atoms with Crippen LogP contribution in [0.15, 0.2) is 48.5 Å². The van der Waals surface area contributed by atoms with Crippen molar-refractivity contribution in [3.8, 4) is 11.5 Å². The summed E-state index contributed by atoms with van der Waals surface area (Å²) in [5.41, 5.74) is -0.247. The smallest absolute Gasteiger partial charge is 0.304 e. The molecular weight excluding hydrogens is 342 g/mol. The van der Waals surface area contributed by atoms with Gasteiger partial charge in [-0.15, -0.1) is 11.8 Å². The van der Waals surface area contributed by atoms with Crippen molar-refractivity contribution in [2.24, 2.45) is 0 Å². The quantitative estimate of drug-likeness (QED) is 0.670. The van der Waals surface area contributed by atoms with Gasteiger partial charge in [-0.2, -0.15) is 0 Å². The summed E-state index contributed by atoms with van der Waals surface area (Å²) in [7, 11) is 1.54. The monoisotopic (exact) mass is 359 g/mol. The minimum absolute atomic E-state index is 0.295. The molecule has 0 aliphatic carbocycles. The van der Waals surface area contributed by atoms with Crippen LogP contribution in [-0.4, -0.2) is 34.5 Å². The molecule has 25 heavy (non-hydrogen) atoms. The van der Waals surface area contributed by atoms with Gasteiger partial charge < -0.3 is 14.6 Å². The highest BCUT2D eigenvalue weighted by Gasteiger charge is 2.70. The lowest BCUT2D eigenvalue weighted by Gasteiger charge is -2.40. The number of hydrogen-bond donors (Lipinski definition) is 1. The molecule has 2 aromatic rings. The number of aliphatic hydroxyl groups is 1. The van der Waals surface area contributed by atoms with Crippen LogP contribution in [-0.2, 0) is 0 Å². The van der Waals surface area contributed by atoms with Gasteiger partial charge in [-0.05, 0) is 18.2 Å². The molecule has 0 bridgehead atoms. The molecule has 4 unspecified atom stereocenters. The lowest BCUT2D eigenvalue weighted by molar-refractivity contribution is -0.595. The summed E-state index contributed by atoms with van der Waals surface area (Å²) in [4.78, 5) is 11.9. The van der Waals surface area contributed by atoms with E-state index >= 15 is 0 Å². The number of benzene rings is 2. The third kappa shape index (κ3) is 2.22. The molecule has 0 aromatic heterocycles. The Labute approximate surface area is 148 Å². The Morgan fingerprint density at radius 3 is 2.88 bits per heavy atom. The largest absolute Gasteiger partial charge is 0.497 e. The third-order valence-corrected chi connectivity index (χ3v) is 6.43. The van der Waals surface area contributed by atoms with Crippen molar-refractivity contribution in [1.29, 1.82) is 0 Å². The van der Waals surface area contributed by atoms with Crippen molar-refractivity contribution in [2.75, 3.05) is 12.9 Å². The number of thioether (sulfide) groups is 1. The van der Waals surface area contributed by atoms with Crippen molar-refractivity contribution in [1.82, 2.24) is 0 Å². The summed E-state index contributed by atoms with van der Waals surface area (Å²) >= 11 is 1.41. The Morgan fingerprint density at radius 1 is 1.32 bits per heavy atom. The first kappa shape index (κ1) is 16.2. The number of para-hydroxylation sites is 1. The number of nitrogens with zero attached hydrogens (tertiary/aromatic N) is 1. The van der Waals surface area contributed by atoms with Crippen molar-refractivity contribution < 1.29 is 19.5 Å². The fourth-order valence-electron chi connectivity index (χ4n) is 3.76. The summed E-state index contributed by atoms with van der Waals surface area (Å²) in [5.74, 6) is 1.51. The van der Waals surface area contributed by atoms with E-state index in [1.54, 1.807) is 31.4 Å². The van der Waals surface area contributed by atoms with Gasteiger partial charge in [0.2, 0.25) is 0 Å². The first-order valence-electron chi connectivity index (χ1n) is 7.92. The van der Waals surface area contributed by atoms with E-state index in [0.29, 0.717) is 22.8 Å². The van der Waals surface area contributed by atoms with Crippen LogP contribution in [0.5, 0.6) is 11.5 Å². The zero-order chi connectivity index (χ0) is 17.6. The van der Waals surface area contributed by atoms with E-state index in [9.17, 15) is 15.2 Å². The minimum Gasteiger partial charge on any atom is -0.497 e. The number of hydrogen-bond acceptors (Lipinski definition) is 6. The van der Waals surface area contributed by atoms with Crippen molar-refractivity contribution >= 4 is 11.8 Å². The number of methoxy groups -OCH3 is 1. The first-order valence-corrected chi connectivity index (χ1v) is 8.97. The Kier molecular flexibility index (Phi) is 3.85. The van der Waals surface area contributed by atoms with Crippen molar-refractivity contribution in [3.63, 3.8) is 0 Å². The van der Waals surface area contributed by atoms with Gasteiger partial charge in [0.1, 0.15) is 22.9 Å². The zero-order valence-electron chi connectivity index (χ0n) is 13.5. The Morgan fingerprint density at radius 2 is 2.12 bits per heavy atom. The number of ether oxygens (including phenoxy) is 2. The molecule has 0 saturated carbocycles. The van der Waals surface area contributed by atoms with E-state index in [-0.39, 0.29) is 4.92 Å². The van der Waals surface area contributed by atoms with Gasteiger partial charge in [-0.25, -0.2) is 0 Å². The van der Waals surface area contributed by atoms with Gasteiger partial charge >= 0.3 is 5.54 Å². The van der Waals surface area contributed by atoms with Gasteiger partial charge in [0.25, 0.3) is 0 Å². The van der Waals surface area contributed by atoms with Gasteiger partial charge in [0.05, 0.1) is 7.11 Å². The molecule has 1 fully saturated rings. The molecule has 0 spiro atoms. The molecule has 0 amide bonds. The van der Waals surface area contributed by atoms with Gasteiger partial charge in [-0.3, -0.25) is 10.1 Å². The van der Waals surface area contributed by atoms with Crippen LogP contribution in [0, 0.1) is 10.1 Å². The van der Waals surface area contributed by atoms with Crippen molar-refractivity contribution in [2.45, 2.75) is 23.0 Å². The molecule has 1 saturated heterocycles. The molecule has 2 aromatic carbocycles. The predicted molar refractivity (Wildman–Crippen MR) is 93.7 cm³/mol. The molecule has 2 aliphatic rings. The molecular formula is C18H17NO5S. The number of rotatable bonds is 3. The highest BCUT2D eigenvalue weighted by molar-refractivity contribution is 8.00. The summed E-state index contributed by atoms with van der Waals surface area (Å²) in [6, 6.07) is 14.4. The number of fused-ring (bicyclic) bond motifs is 3. The average molecular weight is 359 g/mol. The van der Waals surface area contributed by atoms with E-state index in [2.05, 4.69) is 0 Å². The van der Waals surface area contributed by atoms with Crippen LogP contribution in [0.2, 0.25) is 0 Å². The fraction of sp³-hybridized carbons (Fsp3) is 0.333. The van der Waals surface area contributed by atoms with Gasteiger partial charge in [-0.1, -0.05) is 30.3 Å². The number of aliphatic hydroxyl groups excluding tert-OH is 1. The van der Waals surface area contributed by atoms with Gasteiger partial charge in [0.15, 0.2) is 6.10 Å². The second-order valence-corrected chi connectivity index (χ2v) is 7.32. The second kappa shape index (κ2) is 5.93. The summed E-state index contributed by atoms with van der Waals surface area (Å²) < 4.78 is 11.3. The molecule has 6 nitrogen and oxygen atoms in total. The predicted octanol–water partition coefficient (Wildman–Crippen LogP) is 2.99. The van der Waals surface area contributed by atoms with E-state index in [1.807, 2.05) is 24.3 Å².